The van der Waals surface area contributed by atoms with E-state index in [0.29, 0.717) is 23.3 Å². The fourth-order valence-electron chi connectivity index (χ4n) is 8.28. The zero-order valence-corrected chi connectivity index (χ0v) is 19.4. The molecule has 5 nitrogen and oxygen atoms in total. The molecular formula is C26H36N4O. The lowest BCUT2D eigenvalue weighted by atomic mass is 9.47. The largest absolute Gasteiger partial charge is 0.338 e. The van der Waals surface area contributed by atoms with Crippen molar-refractivity contribution >= 4 is 12.0 Å². The molecule has 0 unspecified atom stereocenters. The highest BCUT2D eigenvalue weighted by Crippen LogP contribution is 2.66. The first-order chi connectivity index (χ1) is 14.9. The Morgan fingerprint density at radius 3 is 2.65 bits per heavy atom. The average molecular weight is 421 g/mol. The van der Waals surface area contributed by atoms with Crippen molar-refractivity contribution in [2.24, 2.45) is 34.5 Å². The molecule has 7 atom stereocenters. The Labute approximate surface area is 186 Å². The third kappa shape index (κ3) is 3.10. The van der Waals surface area contributed by atoms with Gasteiger partial charge in [-0.05, 0) is 86.2 Å². The Morgan fingerprint density at radius 2 is 1.90 bits per heavy atom. The number of allylic oxidation sites excluding steroid dienone is 1. The lowest BCUT2D eigenvalue weighted by Gasteiger charge is -2.60. The number of carbonyl (C=O) groups is 1. The topological polar surface area (TPSA) is 59.0 Å². The lowest BCUT2D eigenvalue weighted by molar-refractivity contribution is -0.138. The van der Waals surface area contributed by atoms with Crippen LogP contribution in [0.25, 0.3) is 6.08 Å². The van der Waals surface area contributed by atoms with Gasteiger partial charge >= 0.3 is 0 Å². The normalized spacial score (nSPS) is 42.2. The Kier molecular flexibility index (Phi) is 5.06. The number of fused-ring (bicyclic) bond motifs is 5. The molecule has 0 bridgehead atoms. The number of aromatic nitrogens is 3. The molecule has 1 aromatic rings. The Hall–Kier alpha value is -2.04. The second-order valence-electron chi connectivity index (χ2n) is 10.9. The average Bonchev–Trinajstić information content (AvgIpc) is 3.13. The number of nitrogens with zero attached hydrogens (tertiary/aromatic N) is 4. The van der Waals surface area contributed by atoms with Crippen LogP contribution in [0.15, 0.2) is 30.4 Å². The molecule has 3 saturated carbocycles. The lowest BCUT2D eigenvalue weighted by Crippen LogP contribution is -2.59. The summed E-state index contributed by atoms with van der Waals surface area (Å²) < 4.78 is 0. The maximum absolute atomic E-state index is 12.3. The Balaban J connectivity index is 1.44. The predicted molar refractivity (Wildman–Crippen MR) is 122 cm³/mol. The fourth-order valence-corrected chi connectivity index (χ4v) is 8.28. The number of rotatable bonds is 3. The maximum Gasteiger partial charge on any atom is 0.246 e. The smallest absolute Gasteiger partial charge is 0.246 e. The molecular weight excluding hydrogens is 384 g/mol. The Morgan fingerprint density at radius 1 is 1.13 bits per heavy atom. The van der Waals surface area contributed by atoms with E-state index >= 15 is 0 Å². The van der Waals surface area contributed by atoms with E-state index in [-0.39, 0.29) is 11.3 Å². The molecule has 3 aliphatic carbocycles. The van der Waals surface area contributed by atoms with Gasteiger partial charge < -0.3 is 4.90 Å². The van der Waals surface area contributed by atoms with Crippen molar-refractivity contribution in [2.45, 2.75) is 71.8 Å². The molecule has 1 aliphatic heterocycles. The number of likely N-dealkylation sites (N-methyl/N-ethyl adjacent to an activating group) is 1. The van der Waals surface area contributed by atoms with Gasteiger partial charge in [-0.3, -0.25) is 4.79 Å². The highest BCUT2D eigenvalue weighted by molar-refractivity contribution is 5.89. The van der Waals surface area contributed by atoms with Crippen LogP contribution >= 0.6 is 0 Å². The van der Waals surface area contributed by atoms with Crippen molar-refractivity contribution < 1.29 is 4.79 Å². The van der Waals surface area contributed by atoms with Crippen molar-refractivity contribution in [3.8, 4) is 0 Å². The van der Waals surface area contributed by atoms with Crippen LogP contribution in [0, 0.1) is 34.5 Å². The van der Waals surface area contributed by atoms with Gasteiger partial charge in [0.15, 0.2) is 5.82 Å². The summed E-state index contributed by atoms with van der Waals surface area (Å²) in [6, 6.07) is 0.364. The van der Waals surface area contributed by atoms with Gasteiger partial charge in [0.05, 0.1) is 0 Å². The van der Waals surface area contributed by atoms with Gasteiger partial charge in [-0.15, -0.1) is 0 Å². The van der Waals surface area contributed by atoms with Crippen LogP contribution in [-0.4, -0.2) is 38.8 Å². The Bertz CT molecular complexity index is 911. The summed E-state index contributed by atoms with van der Waals surface area (Å²) in [5.41, 5.74) is 2.00. The summed E-state index contributed by atoms with van der Waals surface area (Å²) in [5, 5.41) is 0. The molecule has 1 amide bonds. The van der Waals surface area contributed by atoms with E-state index in [1.54, 1.807) is 12.7 Å². The predicted octanol–water partition coefficient (Wildman–Crippen LogP) is 4.92. The monoisotopic (exact) mass is 420 g/mol. The van der Waals surface area contributed by atoms with Crippen LogP contribution in [-0.2, 0) is 4.79 Å². The van der Waals surface area contributed by atoms with Gasteiger partial charge in [0, 0.05) is 18.5 Å². The molecule has 0 spiro atoms. The first kappa shape index (κ1) is 20.8. The standard InChI is InChI=1S/C26H36N4O/c1-5-17(14-23-28-15-27-16-29-23)19-7-8-20-18-6-9-22-26(3,13-11-24(31)30(22)4)21(18)10-12-25(19,20)2/h11,13-16,18-22H,5-10,12H2,1-4H3/t18-,19+,20-,21-,22+,25+,26+/m0/s1. The van der Waals surface area contributed by atoms with E-state index < -0.39 is 0 Å². The summed E-state index contributed by atoms with van der Waals surface area (Å²) in [6.07, 6.45) is 18.2. The highest BCUT2D eigenvalue weighted by atomic mass is 16.2. The van der Waals surface area contributed by atoms with E-state index in [4.69, 9.17) is 0 Å². The minimum atomic E-state index is 0.124. The quantitative estimate of drug-likeness (QED) is 0.696. The maximum atomic E-state index is 12.3. The van der Waals surface area contributed by atoms with Crippen LogP contribution < -0.4 is 0 Å². The first-order valence-electron chi connectivity index (χ1n) is 12.2. The van der Waals surface area contributed by atoms with Gasteiger partial charge in [-0.25, -0.2) is 15.0 Å². The van der Waals surface area contributed by atoms with Gasteiger partial charge in [0.2, 0.25) is 5.91 Å². The van der Waals surface area contributed by atoms with Gasteiger partial charge in [0.25, 0.3) is 0 Å². The summed E-state index contributed by atoms with van der Waals surface area (Å²) in [7, 11) is 2.01. The van der Waals surface area contributed by atoms with E-state index in [9.17, 15) is 4.79 Å². The third-order valence-corrected chi connectivity index (χ3v) is 9.81. The number of hydrogen-bond donors (Lipinski definition) is 0. The number of hydrogen-bond acceptors (Lipinski definition) is 4. The van der Waals surface area contributed by atoms with Crippen molar-refractivity contribution in [1.29, 1.82) is 0 Å². The zero-order valence-electron chi connectivity index (χ0n) is 19.4. The molecule has 1 aromatic heterocycles. The molecule has 0 aromatic carbocycles. The summed E-state index contributed by atoms with van der Waals surface area (Å²) in [5.74, 6) is 3.83. The van der Waals surface area contributed by atoms with E-state index in [1.807, 2.05) is 18.0 Å². The second kappa shape index (κ2) is 7.53. The van der Waals surface area contributed by atoms with Crippen LogP contribution in [0.3, 0.4) is 0 Å². The summed E-state index contributed by atoms with van der Waals surface area (Å²) in [4.78, 5) is 27.0. The molecule has 0 saturated heterocycles. The molecule has 2 heterocycles. The third-order valence-electron chi connectivity index (χ3n) is 9.81. The minimum absolute atomic E-state index is 0.124. The van der Waals surface area contributed by atoms with Crippen LogP contribution in [0.4, 0.5) is 0 Å². The fraction of sp³-hybridized carbons (Fsp3) is 0.692. The molecule has 5 rings (SSSR count). The second-order valence-corrected chi connectivity index (χ2v) is 10.9. The summed E-state index contributed by atoms with van der Waals surface area (Å²) >= 11 is 0. The SMILES string of the molecule is CCC(=Cc1ncncn1)[C@H]1CC[C@H]2[C@@H]3CC[C@H]4N(C)C(=O)C=C[C@]4(C)[C@H]3CC[C@]12C. The molecule has 5 heteroatoms. The summed E-state index contributed by atoms with van der Waals surface area (Å²) in [6.45, 7) is 7.28. The van der Waals surface area contributed by atoms with Crippen LogP contribution in [0.5, 0.6) is 0 Å². The molecule has 0 radical (unpaired) electrons. The molecule has 166 valence electrons. The van der Waals surface area contributed by atoms with E-state index in [0.717, 1.165) is 30.5 Å². The first-order valence-corrected chi connectivity index (χ1v) is 12.2. The highest BCUT2D eigenvalue weighted by Gasteiger charge is 2.60. The van der Waals surface area contributed by atoms with Gasteiger partial charge in [-0.1, -0.05) is 32.4 Å². The van der Waals surface area contributed by atoms with Crippen molar-refractivity contribution in [3.63, 3.8) is 0 Å². The van der Waals surface area contributed by atoms with Crippen LogP contribution in [0.2, 0.25) is 0 Å². The molecule has 0 N–H and O–H groups in total. The number of amides is 1. The van der Waals surface area contributed by atoms with Gasteiger partial charge in [-0.2, -0.15) is 0 Å². The van der Waals surface area contributed by atoms with Crippen molar-refractivity contribution in [2.75, 3.05) is 7.05 Å². The van der Waals surface area contributed by atoms with E-state index in [1.165, 1.54) is 37.7 Å². The molecule has 31 heavy (non-hydrogen) atoms. The number of carbonyl (C=O) groups excluding carboxylic acids is 1. The van der Waals surface area contributed by atoms with Gasteiger partial charge in [0.1, 0.15) is 12.7 Å². The van der Waals surface area contributed by atoms with Crippen LogP contribution in [0.1, 0.15) is 71.5 Å². The van der Waals surface area contributed by atoms with Crippen molar-refractivity contribution in [1.82, 2.24) is 19.9 Å². The minimum Gasteiger partial charge on any atom is -0.338 e. The van der Waals surface area contributed by atoms with E-state index in [2.05, 4.69) is 47.9 Å². The van der Waals surface area contributed by atoms with Crippen molar-refractivity contribution in [3.05, 3.63) is 36.2 Å². The molecule has 3 fully saturated rings. The zero-order chi connectivity index (χ0) is 21.8. The molecule has 4 aliphatic rings.